The highest BCUT2D eigenvalue weighted by Crippen LogP contribution is 2.32. The minimum absolute atomic E-state index is 0.632. The van der Waals surface area contributed by atoms with E-state index in [1.165, 1.54) is 44.9 Å². The Kier molecular flexibility index (Phi) is 10.8. The van der Waals surface area contributed by atoms with E-state index in [1.807, 2.05) is 0 Å². The standard InChI is InChI=1S/C23H41NO2/c1-19(2)9-6-10-20(3)11-7-12-21(4)13-8-15-23(18-24)16-14-22(25-5)17-26-23/h17,19-21H,6-16H2,1-5H3. The third-order valence-electron chi connectivity index (χ3n) is 5.81. The van der Waals surface area contributed by atoms with E-state index in [-0.39, 0.29) is 0 Å². The van der Waals surface area contributed by atoms with Crippen molar-refractivity contribution in [3.8, 4) is 6.07 Å². The third-order valence-corrected chi connectivity index (χ3v) is 5.81. The van der Waals surface area contributed by atoms with E-state index in [0.29, 0.717) is 0 Å². The highest BCUT2D eigenvalue weighted by atomic mass is 16.5. The molecule has 0 spiro atoms. The summed E-state index contributed by atoms with van der Waals surface area (Å²) in [6.45, 7) is 9.39. The van der Waals surface area contributed by atoms with E-state index in [1.54, 1.807) is 13.4 Å². The van der Waals surface area contributed by atoms with Gasteiger partial charge in [-0.1, -0.05) is 72.6 Å². The normalized spacial score (nSPS) is 22.3. The molecule has 0 fully saturated rings. The fourth-order valence-corrected chi connectivity index (χ4v) is 3.81. The Labute approximate surface area is 162 Å². The SMILES string of the molecule is COC1=COC(C#N)(CCCC(C)CCCC(C)CCCC(C)C)CC1. The summed E-state index contributed by atoms with van der Waals surface area (Å²) < 4.78 is 10.9. The van der Waals surface area contributed by atoms with Gasteiger partial charge in [-0.25, -0.2) is 0 Å². The lowest BCUT2D eigenvalue weighted by molar-refractivity contribution is 0.0249. The lowest BCUT2D eigenvalue weighted by Gasteiger charge is -2.30. The molecule has 1 heterocycles. The molecule has 0 bridgehead atoms. The number of nitriles is 1. The van der Waals surface area contributed by atoms with Gasteiger partial charge in [0.25, 0.3) is 0 Å². The summed E-state index contributed by atoms with van der Waals surface area (Å²) in [5.74, 6) is 3.28. The molecule has 3 atom stereocenters. The largest absolute Gasteiger partial charge is 0.498 e. The van der Waals surface area contributed by atoms with Gasteiger partial charge in [0, 0.05) is 19.3 Å². The number of rotatable bonds is 13. The molecular weight excluding hydrogens is 322 g/mol. The molecule has 0 aromatic rings. The topological polar surface area (TPSA) is 42.2 Å². The van der Waals surface area contributed by atoms with Gasteiger partial charge in [0.15, 0.2) is 5.60 Å². The molecule has 1 aliphatic rings. The average molecular weight is 364 g/mol. The smallest absolute Gasteiger partial charge is 0.194 e. The van der Waals surface area contributed by atoms with Crippen LogP contribution in [0.25, 0.3) is 0 Å². The van der Waals surface area contributed by atoms with Crippen molar-refractivity contribution in [1.29, 1.82) is 5.26 Å². The van der Waals surface area contributed by atoms with Crippen molar-refractivity contribution in [2.75, 3.05) is 7.11 Å². The van der Waals surface area contributed by atoms with Crippen LogP contribution in [-0.4, -0.2) is 12.7 Å². The molecule has 0 saturated carbocycles. The van der Waals surface area contributed by atoms with E-state index in [2.05, 4.69) is 33.8 Å². The second-order valence-electron chi connectivity index (χ2n) is 8.87. The van der Waals surface area contributed by atoms with E-state index in [4.69, 9.17) is 9.47 Å². The fourth-order valence-electron chi connectivity index (χ4n) is 3.81. The van der Waals surface area contributed by atoms with Gasteiger partial charge in [-0.2, -0.15) is 5.26 Å². The number of hydrogen-bond acceptors (Lipinski definition) is 3. The zero-order valence-electron chi connectivity index (χ0n) is 17.9. The van der Waals surface area contributed by atoms with E-state index >= 15 is 0 Å². The summed E-state index contributed by atoms with van der Waals surface area (Å²) in [7, 11) is 1.65. The van der Waals surface area contributed by atoms with Crippen molar-refractivity contribution in [1.82, 2.24) is 0 Å². The van der Waals surface area contributed by atoms with Crippen molar-refractivity contribution < 1.29 is 9.47 Å². The monoisotopic (exact) mass is 363 g/mol. The Morgan fingerprint density at radius 1 is 1.04 bits per heavy atom. The Balaban J connectivity index is 2.15. The van der Waals surface area contributed by atoms with Crippen LogP contribution in [0.1, 0.15) is 98.3 Å². The first-order chi connectivity index (χ1) is 12.4. The van der Waals surface area contributed by atoms with Crippen LogP contribution in [0, 0.1) is 29.1 Å². The minimum atomic E-state index is -0.632. The highest BCUT2D eigenvalue weighted by Gasteiger charge is 2.34. The molecule has 150 valence electrons. The van der Waals surface area contributed by atoms with Crippen LogP contribution in [-0.2, 0) is 9.47 Å². The molecule has 0 aliphatic carbocycles. The van der Waals surface area contributed by atoms with E-state index in [9.17, 15) is 5.26 Å². The predicted octanol–water partition coefficient (Wildman–Crippen LogP) is 6.99. The van der Waals surface area contributed by atoms with Crippen molar-refractivity contribution in [2.24, 2.45) is 17.8 Å². The van der Waals surface area contributed by atoms with Gasteiger partial charge in [-0.3, -0.25) is 0 Å². The molecule has 0 N–H and O–H groups in total. The first-order valence-corrected chi connectivity index (χ1v) is 10.7. The predicted molar refractivity (Wildman–Crippen MR) is 108 cm³/mol. The summed E-state index contributed by atoms with van der Waals surface area (Å²) in [5, 5.41) is 9.53. The van der Waals surface area contributed by atoms with E-state index < -0.39 is 5.60 Å². The summed E-state index contributed by atoms with van der Waals surface area (Å²) in [6, 6.07) is 2.40. The van der Waals surface area contributed by atoms with Crippen molar-refractivity contribution in [3.63, 3.8) is 0 Å². The Hall–Kier alpha value is -1.17. The minimum Gasteiger partial charge on any atom is -0.498 e. The molecule has 3 unspecified atom stereocenters. The molecule has 0 aromatic heterocycles. The average Bonchev–Trinajstić information content (AvgIpc) is 2.62. The Bertz CT molecular complexity index is 452. The molecule has 0 radical (unpaired) electrons. The first kappa shape index (κ1) is 22.9. The number of methoxy groups -OCH3 is 1. The van der Waals surface area contributed by atoms with Crippen LogP contribution < -0.4 is 0 Å². The molecule has 1 aliphatic heterocycles. The van der Waals surface area contributed by atoms with Crippen LogP contribution >= 0.6 is 0 Å². The summed E-state index contributed by atoms with van der Waals surface area (Å²) in [5.41, 5.74) is -0.632. The van der Waals surface area contributed by atoms with Crippen LogP contribution in [0.15, 0.2) is 12.0 Å². The van der Waals surface area contributed by atoms with Gasteiger partial charge in [-0.05, 0) is 24.2 Å². The molecule has 0 saturated heterocycles. The molecule has 0 amide bonds. The quantitative estimate of drug-likeness (QED) is 0.354. The molecule has 3 heteroatoms. The number of allylic oxidation sites excluding steroid dienone is 1. The maximum absolute atomic E-state index is 9.53. The van der Waals surface area contributed by atoms with Gasteiger partial charge in [0.1, 0.15) is 18.1 Å². The summed E-state index contributed by atoms with van der Waals surface area (Å²) in [6.07, 6.45) is 14.4. The number of hydrogen-bond donors (Lipinski definition) is 0. The number of nitrogens with zero attached hydrogens (tertiary/aromatic N) is 1. The maximum Gasteiger partial charge on any atom is 0.194 e. The lowest BCUT2D eigenvalue weighted by Crippen LogP contribution is -2.32. The van der Waals surface area contributed by atoms with Crippen LogP contribution in [0.2, 0.25) is 0 Å². The first-order valence-electron chi connectivity index (χ1n) is 10.7. The molecule has 26 heavy (non-hydrogen) atoms. The van der Waals surface area contributed by atoms with Gasteiger partial charge in [0.2, 0.25) is 0 Å². The highest BCUT2D eigenvalue weighted by molar-refractivity contribution is 5.09. The summed E-state index contributed by atoms with van der Waals surface area (Å²) >= 11 is 0. The van der Waals surface area contributed by atoms with Crippen molar-refractivity contribution in [3.05, 3.63) is 12.0 Å². The van der Waals surface area contributed by atoms with E-state index in [0.717, 1.165) is 49.2 Å². The third kappa shape index (κ3) is 8.97. The Morgan fingerprint density at radius 3 is 2.08 bits per heavy atom. The number of ether oxygens (including phenoxy) is 2. The zero-order valence-corrected chi connectivity index (χ0v) is 17.9. The second kappa shape index (κ2) is 12.3. The fraction of sp³-hybridized carbons (Fsp3) is 0.870. The van der Waals surface area contributed by atoms with Gasteiger partial charge in [0.05, 0.1) is 7.11 Å². The second-order valence-corrected chi connectivity index (χ2v) is 8.87. The van der Waals surface area contributed by atoms with Crippen LogP contribution in [0.5, 0.6) is 0 Å². The van der Waals surface area contributed by atoms with Crippen molar-refractivity contribution in [2.45, 2.75) is 104 Å². The van der Waals surface area contributed by atoms with Crippen LogP contribution in [0.4, 0.5) is 0 Å². The molecule has 0 aromatic carbocycles. The Morgan fingerprint density at radius 2 is 1.62 bits per heavy atom. The zero-order chi connectivity index (χ0) is 19.4. The summed E-state index contributed by atoms with van der Waals surface area (Å²) in [4.78, 5) is 0. The van der Waals surface area contributed by atoms with Gasteiger partial charge < -0.3 is 9.47 Å². The van der Waals surface area contributed by atoms with Crippen LogP contribution in [0.3, 0.4) is 0 Å². The van der Waals surface area contributed by atoms with Crippen molar-refractivity contribution >= 4 is 0 Å². The van der Waals surface area contributed by atoms with Gasteiger partial charge >= 0.3 is 0 Å². The lowest BCUT2D eigenvalue weighted by atomic mass is 9.87. The molecular formula is C23H41NO2. The molecule has 1 rings (SSSR count). The molecule has 3 nitrogen and oxygen atoms in total. The maximum atomic E-state index is 9.53. The van der Waals surface area contributed by atoms with Gasteiger partial charge in [-0.15, -0.1) is 0 Å².